The van der Waals surface area contributed by atoms with Crippen molar-refractivity contribution in [2.75, 3.05) is 5.32 Å². The molecule has 1 N–H and O–H groups in total. The van der Waals surface area contributed by atoms with Crippen LogP contribution in [-0.2, 0) is 0 Å². The van der Waals surface area contributed by atoms with E-state index in [1.807, 2.05) is 35.0 Å². The van der Waals surface area contributed by atoms with Crippen LogP contribution in [0, 0.1) is 0 Å². The molecule has 118 valence electrons. The Morgan fingerprint density at radius 1 is 1.09 bits per heavy atom. The monoisotopic (exact) mass is 326 g/mol. The summed E-state index contributed by atoms with van der Waals surface area (Å²) in [6.07, 6.45) is 4.28. The number of nitrogens with one attached hydrogen (secondary N) is 1. The van der Waals surface area contributed by atoms with Crippen molar-refractivity contribution in [3.63, 3.8) is 0 Å². The first-order valence-electron chi connectivity index (χ1n) is 7.69. The predicted octanol–water partition coefficient (Wildman–Crippen LogP) is 4.74. The summed E-state index contributed by atoms with van der Waals surface area (Å²) in [5.74, 6) is 0. The van der Waals surface area contributed by atoms with E-state index in [1.54, 1.807) is 12.7 Å². The van der Waals surface area contributed by atoms with Gasteiger partial charge in [-0.25, -0.2) is 9.67 Å². The average molecular weight is 327 g/mol. The third kappa shape index (κ3) is 3.71. The van der Waals surface area contributed by atoms with E-state index in [2.05, 4.69) is 46.6 Å². The molecule has 1 aromatic heterocycles. The first-order chi connectivity index (χ1) is 11.3. The van der Waals surface area contributed by atoms with Crippen LogP contribution in [0.5, 0.6) is 0 Å². The lowest BCUT2D eigenvalue weighted by Gasteiger charge is -2.28. The molecule has 0 aliphatic carbocycles. The Bertz CT molecular complexity index is 711. The topological polar surface area (TPSA) is 42.7 Å². The highest BCUT2D eigenvalue weighted by Gasteiger charge is 2.24. The van der Waals surface area contributed by atoms with Crippen LogP contribution in [0.2, 0.25) is 5.02 Å². The van der Waals surface area contributed by atoms with Gasteiger partial charge in [-0.2, -0.15) is 5.10 Å². The summed E-state index contributed by atoms with van der Waals surface area (Å²) in [5.41, 5.74) is 2.24. The Morgan fingerprint density at radius 3 is 2.43 bits per heavy atom. The van der Waals surface area contributed by atoms with Crippen molar-refractivity contribution in [1.29, 1.82) is 0 Å². The average Bonchev–Trinajstić information content (AvgIpc) is 3.11. The van der Waals surface area contributed by atoms with Crippen molar-refractivity contribution in [3.8, 4) is 0 Å². The van der Waals surface area contributed by atoms with E-state index in [1.165, 1.54) is 5.56 Å². The molecular formula is C18H19ClN4. The molecule has 0 amide bonds. The molecule has 0 aliphatic heterocycles. The molecule has 2 aromatic carbocycles. The Hall–Kier alpha value is -2.33. The molecular weight excluding hydrogens is 308 g/mol. The van der Waals surface area contributed by atoms with Crippen LogP contribution in [0.3, 0.4) is 0 Å². The van der Waals surface area contributed by atoms with E-state index in [0.717, 1.165) is 17.1 Å². The van der Waals surface area contributed by atoms with E-state index in [4.69, 9.17) is 11.6 Å². The van der Waals surface area contributed by atoms with Crippen molar-refractivity contribution in [1.82, 2.24) is 14.8 Å². The molecule has 5 heteroatoms. The number of benzene rings is 2. The third-order valence-electron chi connectivity index (χ3n) is 3.90. The molecule has 0 aliphatic rings. The van der Waals surface area contributed by atoms with Crippen LogP contribution in [0.1, 0.15) is 31.0 Å². The number of rotatable bonds is 6. The minimum atomic E-state index is 0.0871. The zero-order chi connectivity index (χ0) is 16.1. The molecule has 0 fully saturated rings. The van der Waals surface area contributed by atoms with Crippen molar-refractivity contribution in [3.05, 3.63) is 77.8 Å². The standard InChI is InChI=1S/C18H19ClN4/c1-2-17(23-13-20-12-21-23)18(14-6-4-3-5-7-14)22-16-10-8-15(19)9-11-16/h3-13,17-18,22H,2H2,1H3. The number of aromatic nitrogens is 3. The van der Waals surface area contributed by atoms with Crippen LogP contribution in [0.15, 0.2) is 67.3 Å². The fourth-order valence-electron chi connectivity index (χ4n) is 2.75. The second kappa shape index (κ2) is 7.29. The summed E-state index contributed by atoms with van der Waals surface area (Å²) in [7, 11) is 0. The van der Waals surface area contributed by atoms with E-state index in [-0.39, 0.29) is 12.1 Å². The molecule has 3 rings (SSSR count). The van der Waals surface area contributed by atoms with E-state index in [9.17, 15) is 0 Å². The molecule has 0 radical (unpaired) electrons. The normalized spacial score (nSPS) is 13.5. The molecule has 0 bridgehead atoms. The molecule has 0 saturated heterocycles. The highest BCUT2D eigenvalue weighted by atomic mass is 35.5. The number of nitrogens with zero attached hydrogens (tertiary/aromatic N) is 3. The zero-order valence-electron chi connectivity index (χ0n) is 12.9. The van der Waals surface area contributed by atoms with E-state index in [0.29, 0.717) is 0 Å². The summed E-state index contributed by atoms with van der Waals surface area (Å²) < 4.78 is 1.92. The smallest absolute Gasteiger partial charge is 0.137 e. The van der Waals surface area contributed by atoms with Gasteiger partial charge in [0.05, 0.1) is 12.1 Å². The van der Waals surface area contributed by atoms with Gasteiger partial charge in [0.25, 0.3) is 0 Å². The molecule has 23 heavy (non-hydrogen) atoms. The fourth-order valence-corrected chi connectivity index (χ4v) is 2.88. The van der Waals surface area contributed by atoms with Crippen molar-refractivity contribution in [2.45, 2.75) is 25.4 Å². The summed E-state index contributed by atoms with van der Waals surface area (Å²) >= 11 is 5.99. The maximum atomic E-state index is 5.99. The van der Waals surface area contributed by atoms with Gasteiger partial charge in [-0.15, -0.1) is 0 Å². The first kappa shape index (κ1) is 15.6. The SMILES string of the molecule is CCC(C(Nc1ccc(Cl)cc1)c1ccccc1)n1cncn1. The Labute approximate surface area is 141 Å². The summed E-state index contributed by atoms with van der Waals surface area (Å²) in [4.78, 5) is 4.09. The van der Waals surface area contributed by atoms with E-state index < -0.39 is 0 Å². The van der Waals surface area contributed by atoms with Crippen LogP contribution in [0.4, 0.5) is 5.69 Å². The van der Waals surface area contributed by atoms with Gasteiger partial charge >= 0.3 is 0 Å². The Kier molecular flexibility index (Phi) is 4.93. The molecule has 2 atom stereocenters. The lowest BCUT2D eigenvalue weighted by atomic mass is 9.97. The van der Waals surface area contributed by atoms with Crippen LogP contribution in [-0.4, -0.2) is 14.8 Å². The van der Waals surface area contributed by atoms with Crippen molar-refractivity contribution >= 4 is 17.3 Å². The Balaban J connectivity index is 1.94. The summed E-state index contributed by atoms with van der Waals surface area (Å²) in [6.45, 7) is 2.16. The maximum absolute atomic E-state index is 5.99. The van der Waals surface area contributed by atoms with Gasteiger partial charge < -0.3 is 5.32 Å². The fraction of sp³-hybridized carbons (Fsp3) is 0.222. The van der Waals surface area contributed by atoms with Gasteiger partial charge in [-0.3, -0.25) is 0 Å². The molecule has 0 spiro atoms. The quantitative estimate of drug-likeness (QED) is 0.711. The maximum Gasteiger partial charge on any atom is 0.137 e. The minimum Gasteiger partial charge on any atom is -0.376 e. The largest absolute Gasteiger partial charge is 0.376 e. The van der Waals surface area contributed by atoms with Gasteiger partial charge in [0.2, 0.25) is 0 Å². The number of hydrogen-bond donors (Lipinski definition) is 1. The molecule has 0 saturated carbocycles. The molecule has 2 unspecified atom stereocenters. The second-order valence-electron chi connectivity index (χ2n) is 5.39. The van der Waals surface area contributed by atoms with E-state index >= 15 is 0 Å². The van der Waals surface area contributed by atoms with Crippen LogP contribution >= 0.6 is 11.6 Å². The minimum absolute atomic E-state index is 0.0871. The highest BCUT2D eigenvalue weighted by molar-refractivity contribution is 6.30. The predicted molar refractivity (Wildman–Crippen MR) is 93.6 cm³/mol. The summed E-state index contributed by atoms with van der Waals surface area (Å²) in [6, 6.07) is 18.4. The lowest BCUT2D eigenvalue weighted by molar-refractivity contribution is 0.388. The van der Waals surface area contributed by atoms with Crippen molar-refractivity contribution in [2.24, 2.45) is 0 Å². The zero-order valence-corrected chi connectivity index (χ0v) is 13.7. The van der Waals surface area contributed by atoms with Crippen LogP contribution in [0.25, 0.3) is 0 Å². The van der Waals surface area contributed by atoms with Gasteiger partial charge in [0.15, 0.2) is 0 Å². The van der Waals surface area contributed by atoms with Crippen molar-refractivity contribution < 1.29 is 0 Å². The van der Waals surface area contributed by atoms with Gasteiger partial charge in [-0.05, 0) is 36.2 Å². The van der Waals surface area contributed by atoms with Gasteiger partial charge in [0, 0.05) is 10.7 Å². The second-order valence-corrected chi connectivity index (χ2v) is 5.83. The third-order valence-corrected chi connectivity index (χ3v) is 4.16. The number of hydrogen-bond acceptors (Lipinski definition) is 3. The first-order valence-corrected chi connectivity index (χ1v) is 8.07. The highest BCUT2D eigenvalue weighted by Crippen LogP contribution is 2.32. The molecule has 1 heterocycles. The number of anilines is 1. The van der Waals surface area contributed by atoms with Gasteiger partial charge in [0.1, 0.15) is 12.7 Å². The molecule has 4 nitrogen and oxygen atoms in total. The van der Waals surface area contributed by atoms with Crippen LogP contribution < -0.4 is 5.32 Å². The summed E-state index contributed by atoms with van der Waals surface area (Å²) in [5, 5.41) is 8.68. The van der Waals surface area contributed by atoms with Gasteiger partial charge in [-0.1, -0.05) is 48.9 Å². The lowest BCUT2D eigenvalue weighted by Crippen LogP contribution is -2.24. The number of halogens is 1. The molecule has 3 aromatic rings. The Morgan fingerprint density at radius 2 is 1.83 bits per heavy atom.